The minimum atomic E-state index is -0.107. The third-order valence-electron chi connectivity index (χ3n) is 4.47. The third kappa shape index (κ3) is 5.00. The molecule has 0 aliphatic carbocycles. The minimum Gasteiger partial charge on any atom is -0.350 e. The first-order valence-electron chi connectivity index (χ1n) is 8.92. The first kappa shape index (κ1) is 20.1. The highest BCUT2D eigenvalue weighted by atomic mass is 32.2. The first-order valence-corrected chi connectivity index (χ1v) is 11.6. The number of thioether (sulfide) groups is 1. The van der Waals surface area contributed by atoms with E-state index in [0.717, 1.165) is 33.0 Å². The maximum atomic E-state index is 12.6. The average molecular weight is 422 g/mol. The normalized spacial score (nSPS) is 12.4. The molecule has 3 aromatic heterocycles. The molecular weight excluding hydrogens is 398 g/mol. The maximum Gasteiger partial charge on any atom is 0.260 e. The summed E-state index contributed by atoms with van der Waals surface area (Å²) in [4.78, 5) is 35.1. The zero-order chi connectivity index (χ0) is 19.4. The van der Waals surface area contributed by atoms with E-state index in [1.54, 1.807) is 22.7 Å². The van der Waals surface area contributed by atoms with Gasteiger partial charge in [-0.25, -0.2) is 4.98 Å². The van der Waals surface area contributed by atoms with Crippen LogP contribution < -0.4 is 10.9 Å². The van der Waals surface area contributed by atoms with Crippen molar-refractivity contribution in [2.45, 2.75) is 45.3 Å². The van der Waals surface area contributed by atoms with Crippen LogP contribution in [0.25, 0.3) is 10.2 Å². The van der Waals surface area contributed by atoms with Crippen LogP contribution in [0.4, 0.5) is 0 Å². The van der Waals surface area contributed by atoms with Crippen molar-refractivity contribution in [3.05, 3.63) is 43.2 Å². The van der Waals surface area contributed by atoms with Gasteiger partial charge in [-0.15, -0.1) is 22.7 Å². The van der Waals surface area contributed by atoms with E-state index >= 15 is 0 Å². The van der Waals surface area contributed by atoms with E-state index in [-0.39, 0.29) is 17.2 Å². The predicted octanol–water partition coefficient (Wildman–Crippen LogP) is 4.35. The number of nitrogens with zero attached hydrogens (tertiary/aromatic N) is 1. The van der Waals surface area contributed by atoms with Crippen LogP contribution in [0.15, 0.2) is 27.5 Å². The molecule has 2 N–H and O–H groups in total. The van der Waals surface area contributed by atoms with Crippen LogP contribution in [0, 0.1) is 12.8 Å². The van der Waals surface area contributed by atoms with Crippen molar-refractivity contribution in [2.24, 2.45) is 5.92 Å². The first-order chi connectivity index (χ1) is 13.0. The number of carbonyl (C=O) groups excluding carboxylic acids is 1. The van der Waals surface area contributed by atoms with Gasteiger partial charge in [-0.2, -0.15) is 0 Å². The number of fused-ring (bicyclic) bond motifs is 1. The van der Waals surface area contributed by atoms with Gasteiger partial charge >= 0.3 is 0 Å². The van der Waals surface area contributed by atoms with Gasteiger partial charge in [0.05, 0.1) is 17.7 Å². The lowest BCUT2D eigenvalue weighted by Gasteiger charge is -2.08. The van der Waals surface area contributed by atoms with Crippen LogP contribution >= 0.6 is 34.4 Å². The lowest BCUT2D eigenvalue weighted by Crippen LogP contribution is -2.24. The molecule has 3 aromatic rings. The van der Waals surface area contributed by atoms with Crippen molar-refractivity contribution in [1.82, 2.24) is 15.3 Å². The number of amides is 1. The summed E-state index contributed by atoms with van der Waals surface area (Å²) in [6.45, 7) is 6.94. The highest BCUT2D eigenvalue weighted by Crippen LogP contribution is 2.30. The van der Waals surface area contributed by atoms with E-state index < -0.39 is 0 Å². The lowest BCUT2D eigenvalue weighted by molar-refractivity contribution is -0.118. The number of nitrogens with one attached hydrogen (secondary N) is 2. The fourth-order valence-corrected chi connectivity index (χ4v) is 5.19. The average Bonchev–Trinajstić information content (AvgIpc) is 3.26. The fourth-order valence-electron chi connectivity index (χ4n) is 2.75. The molecular formula is C19H23N3O2S3. The summed E-state index contributed by atoms with van der Waals surface area (Å²) in [5.74, 6) is 0.683. The van der Waals surface area contributed by atoms with Gasteiger partial charge < -0.3 is 10.3 Å². The Morgan fingerprint density at radius 1 is 1.44 bits per heavy atom. The Kier molecular flexibility index (Phi) is 6.73. The van der Waals surface area contributed by atoms with Crippen LogP contribution in [0.3, 0.4) is 0 Å². The van der Waals surface area contributed by atoms with Crippen LogP contribution in [-0.2, 0) is 17.8 Å². The molecule has 0 saturated heterocycles. The van der Waals surface area contributed by atoms with Gasteiger partial charge in [-0.3, -0.25) is 9.59 Å². The van der Waals surface area contributed by atoms with Gasteiger partial charge in [0.25, 0.3) is 5.56 Å². The summed E-state index contributed by atoms with van der Waals surface area (Å²) in [5, 5.41) is 6.07. The molecule has 0 saturated carbocycles. The van der Waals surface area contributed by atoms with E-state index in [2.05, 4.69) is 29.1 Å². The Morgan fingerprint density at radius 3 is 2.96 bits per heavy atom. The molecule has 3 heterocycles. The largest absolute Gasteiger partial charge is 0.350 e. The molecule has 27 heavy (non-hydrogen) atoms. The molecule has 1 atom stereocenters. The van der Waals surface area contributed by atoms with Crippen LogP contribution in [-0.4, -0.2) is 21.6 Å². The van der Waals surface area contributed by atoms with E-state index in [1.165, 1.54) is 11.8 Å². The second-order valence-corrected chi connectivity index (χ2v) is 9.75. The zero-order valence-electron chi connectivity index (χ0n) is 15.6. The maximum absolute atomic E-state index is 12.6. The standard InChI is InChI=1S/C19H23N3O2S3/c1-4-11(2)8-14-12(3)27-18-16(14)17(24)21-19(22-18)26-10-15(23)20-9-13-6-5-7-25-13/h5-7,11H,4,8-10H2,1-3H3,(H,20,23)(H,21,22,24). The molecule has 3 rings (SSSR count). The second kappa shape index (κ2) is 9.03. The van der Waals surface area contributed by atoms with Gasteiger partial charge in [-0.05, 0) is 36.3 Å². The van der Waals surface area contributed by atoms with Gasteiger partial charge in [0.2, 0.25) is 5.91 Å². The number of thiophene rings is 2. The summed E-state index contributed by atoms with van der Waals surface area (Å²) in [7, 11) is 0. The van der Waals surface area contributed by atoms with Gasteiger partial charge in [0.15, 0.2) is 5.16 Å². The third-order valence-corrected chi connectivity index (χ3v) is 7.26. The number of hydrogen-bond acceptors (Lipinski definition) is 6. The molecule has 8 heteroatoms. The summed E-state index contributed by atoms with van der Waals surface area (Å²) < 4.78 is 0. The molecule has 0 bridgehead atoms. The molecule has 0 aromatic carbocycles. The summed E-state index contributed by atoms with van der Waals surface area (Å²) in [6, 6.07) is 3.95. The SMILES string of the molecule is CCC(C)Cc1c(C)sc2nc(SCC(=O)NCc3cccs3)[nH]c(=O)c12. The quantitative estimate of drug-likeness (QED) is 0.419. The molecule has 0 spiro atoms. The predicted molar refractivity (Wildman–Crippen MR) is 115 cm³/mol. The highest BCUT2D eigenvalue weighted by Gasteiger charge is 2.17. The fraction of sp³-hybridized carbons (Fsp3) is 0.421. The number of aromatic amines is 1. The number of aromatic nitrogens is 2. The van der Waals surface area contributed by atoms with E-state index in [0.29, 0.717) is 23.0 Å². The second-order valence-electron chi connectivity index (χ2n) is 6.55. The van der Waals surface area contributed by atoms with Crippen molar-refractivity contribution in [2.75, 3.05) is 5.75 Å². The molecule has 0 aliphatic rings. The van der Waals surface area contributed by atoms with Crippen molar-refractivity contribution in [3.63, 3.8) is 0 Å². The monoisotopic (exact) mass is 421 g/mol. The number of rotatable bonds is 8. The molecule has 1 amide bonds. The molecule has 1 unspecified atom stereocenters. The summed E-state index contributed by atoms with van der Waals surface area (Å²) in [5.41, 5.74) is 1.01. The number of H-pyrrole nitrogens is 1. The highest BCUT2D eigenvalue weighted by molar-refractivity contribution is 7.99. The minimum absolute atomic E-state index is 0.0732. The van der Waals surface area contributed by atoms with Crippen LogP contribution in [0.5, 0.6) is 0 Å². The Balaban J connectivity index is 1.69. The van der Waals surface area contributed by atoms with Crippen molar-refractivity contribution in [1.29, 1.82) is 0 Å². The van der Waals surface area contributed by atoms with Crippen molar-refractivity contribution >= 4 is 50.6 Å². The molecule has 0 aliphatic heterocycles. The van der Waals surface area contributed by atoms with E-state index in [1.807, 2.05) is 24.4 Å². The van der Waals surface area contributed by atoms with Gasteiger partial charge in [0, 0.05) is 9.75 Å². The summed E-state index contributed by atoms with van der Waals surface area (Å²) in [6.07, 6.45) is 1.97. The molecule has 0 radical (unpaired) electrons. The molecule has 144 valence electrons. The van der Waals surface area contributed by atoms with Crippen LogP contribution in [0.1, 0.15) is 35.6 Å². The zero-order valence-corrected chi connectivity index (χ0v) is 18.1. The van der Waals surface area contributed by atoms with Gasteiger partial charge in [-0.1, -0.05) is 38.1 Å². The van der Waals surface area contributed by atoms with Crippen molar-refractivity contribution < 1.29 is 4.79 Å². The lowest BCUT2D eigenvalue weighted by atomic mass is 9.98. The Hall–Kier alpha value is -1.64. The van der Waals surface area contributed by atoms with Gasteiger partial charge in [0.1, 0.15) is 4.83 Å². The van der Waals surface area contributed by atoms with E-state index in [9.17, 15) is 9.59 Å². The Morgan fingerprint density at radius 2 is 2.26 bits per heavy atom. The van der Waals surface area contributed by atoms with E-state index in [4.69, 9.17) is 0 Å². The molecule has 5 nitrogen and oxygen atoms in total. The topological polar surface area (TPSA) is 74.8 Å². The van der Waals surface area contributed by atoms with Crippen molar-refractivity contribution in [3.8, 4) is 0 Å². The Bertz CT molecular complexity index is 976. The Labute approximate surface area is 170 Å². The smallest absolute Gasteiger partial charge is 0.260 e. The number of hydrogen-bond donors (Lipinski definition) is 2. The number of carbonyl (C=O) groups is 1. The molecule has 0 fully saturated rings. The number of aryl methyl sites for hydroxylation is 1. The van der Waals surface area contributed by atoms with Crippen LogP contribution in [0.2, 0.25) is 0 Å². The summed E-state index contributed by atoms with van der Waals surface area (Å²) >= 11 is 4.43.